The van der Waals surface area contributed by atoms with Gasteiger partial charge < -0.3 is 41.7 Å². The fraction of sp³-hybridized carbons (Fsp3) is 0.471. The molecule has 11 nitrogen and oxygen atoms in total. The molecule has 0 aliphatic carbocycles. The van der Waals surface area contributed by atoms with Crippen LogP contribution in [0.15, 0.2) is 34.3 Å². The maximum Gasteiger partial charge on any atom is 0.417 e. The van der Waals surface area contributed by atoms with Crippen molar-refractivity contribution in [2.24, 2.45) is 21.5 Å². The summed E-state index contributed by atoms with van der Waals surface area (Å²) >= 11 is 0. The highest BCUT2D eigenvalue weighted by molar-refractivity contribution is 5.92. The number of hydrogen-bond acceptors (Lipinski definition) is 11. The lowest BCUT2D eigenvalue weighted by molar-refractivity contribution is -0.257. The monoisotopic (exact) mass is 444 g/mol. The Morgan fingerprint density at radius 1 is 1.29 bits per heavy atom. The van der Waals surface area contributed by atoms with Crippen molar-refractivity contribution < 1.29 is 38.0 Å². The Labute approximate surface area is 172 Å². The Morgan fingerprint density at radius 2 is 1.97 bits per heavy atom. The Hall–Kier alpha value is -3.10. The minimum Gasteiger partial charge on any atom is -0.451 e. The summed E-state index contributed by atoms with van der Waals surface area (Å²) in [6.45, 7) is -0.994. The summed E-state index contributed by atoms with van der Waals surface area (Å²) in [5.74, 6) is -4.77. The summed E-state index contributed by atoms with van der Waals surface area (Å²) < 4.78 is 44.9. The second-order valence-corrected chi connectivity index (χ2v) is 7.36. The van der Waals surface area contributed by atoms with Gasteiger partial charge in [0.25, 0.3) is 0 Å². The van der Waals surface area contributed by atoms with Gasteiger partial charge in [-0.15, -0.1) is 0 Å². The Morgan fingerprint density at radius 3 is 2.61 bits per heavy atom. The average Bonchev–Trinajstić information content (AvgIpc) is 3.16. The van der Waals surface area contributed by atoms with Gasteiger partial charge in [-0.05, 0) is 12.1 Å². The lowest BCUT2D eigenvalue weighted by Gasteiger charge is -2.48. The molecule has 0 aromatic heterocycles. The molecular weight excluding hydrogens is 425 g/mol. The maximum absolute atomic E-state index is 13.3. The summed E-state index contributed by atoms with van der Waals surface area (Å²) in [6.07, 6.45) is -6.59. The molecule has 3 aliphatic heterocycles. The topological polar surface area (TPSA) is 179 Å². The van der Waals surface area contributed by atoms with Crippen LogP contribution >= 0.6 is 0 Å². The number of carbonyl (C=O) groups excluding carboxylic acids is 1. The fourth-order valence-electron chi connectivity index (χ4n) is 4.27. The molecule has 168 valence electrons. The van der Waals surface area contributed by atoms with Crippen molar-refractivity contribution in [2.45, 2.75) is 35.8 Å². The SMILES string of the molecule is NC1=N[C@H]2[C@H](CO)N=C(N)N3C[C@H](OC(=O)c4ccccc4C(F)(F)F)C(O)(O)[C@]23N1. The fourth-order valence-corrected chi connectivity index (χ4v) is 4.27. The lowest BCUT2D eigenvalue weighted by atomic mass is 9.86. The number of nitrogens with one attached hydrogen (secondary N) is 1. The van der Waals surface area contributed by atoms with Crippen LogP contribution in [0.5, 0.6) is 0 Å². The molecule has 1 aromatic rings. The van der Waals surface area contributed by atoms with Crippen molar-refractivity contribution in [3.8, 4) is 0 Å². The summed E-state index contributed by atoms with van der Waals surface area (Å²) in [4.78, 5) is 21.8. The van der Waals surface area contributed by atoms with Crippen molar-refractivity contribution >= 4 is 17.9 Å². The molecule has 3 heterocycles. The number of alkyl halides is 3. The first-order chi connectivity index (χ1) is 14.4. The second-order valence-electron chi connectivity index (χ2n) is 7.36. The molecule has 3 aliphatic rings. The van der Waals surface area contributed by atoms with Crippen LogP contribution in [0.2, 0.25) is 0 Å². The first kappa shape index (κ1) is 21.1. The number of aliphatic hydroxyl groups excluding tert-OH is 1. The van der Waals surface area contributed by atoms with Gasteiger partial charge in [0.05, 0.1) is 24.3 Å². The molecule has 1 spiro atoms. The highest BCUT2D eigenvalue weighted by Crippen LogP contribution is 2.46. The number of aliphatic hydroxyl groups is 3. The normalized spacial score (nSPS) is 31.3. The summed E-state index contributed by atoms with van der Waals surface area (Å²) in [5, 5.41) is 34.3. The van der Waals surface area contributed by atoms with Crippen LogP contribution in [0.1, 0.15) is 15.9 Å². The Balaban J connectivity index is 1.69. The number of halogens is 3. The molecular formula is C17H19F3N6O5. The largest absolute Gasteiger partial charge is 0.451 e. The van der Waals surface area contributed by atoms with E-state index in [1.165, 1.54) is 6.07 Å². The van der Waals surface area contributed by atoms with E-state index < -0.39 is 66.1 Å². The van der Waals surface area contributed by atoms with Gasteiger partial charge in [0.15, 0.2) is 23.7 Å². The van der Waals surface area contributed by atoms with Crippen LogP contribution in [0.4, 0.5) is 13.2 Å². The smallest absolute Gasteiger partial charge is 0.417 e. The van der Waals surface area contributed by atoms with Gasteiger partial charge in [0, 0.05) is 0 Å². The number of aliphatic imine (C=N–C) groups is 2. The molecule has 0 radical (unpaired) electrons. The van der Waals surface area contributed by atoms with Gasteiger partial charge >= 0.3 is 12.1 Å². The number of rotatable bonds is 3. The van der Waals surface area contributed by atoms with Crippen molar-refractivity contribution in [1.29, 1.82) is 0 Å². The molecule has 1 fully saturated rings. The number of ether oxygens (including phenoxy) is 1. The van der Waals surface area contributed by atoms with Gasteiger partial charge in [-0.2, -0.15) is 13.2 Å². The van der Waals surface area contributed by atoms with Crippen LogP contribution in [0, 0.1) is 0 Å². The van der Waals surface area contributed by atoms with Crippen LogP contribution in [0.25, 0.3) is 0 Å². The van der Waals surface area contributed by atoms with Gasteiger partial charge in [-0.1, -0.05) is 12.1 Å². The number of guanidine groups is 2. The summed E-state index contributed by atoms with van der Waals surface area (Å²) in [7, 11) is 0. The van der Waals surface area contributed by atoms with Gasteiger partial charge in [0.1, 0.15) is 12.1 Å². The molecule has 14 heteroatoms. The highest BCUT2D eigenvalue weighted by atomic mass is 19.4. The predicted molar refractivity (Wildman–Crippen MR) is 98.3 cm³/mol. The summed E-state index contributed by atoms with van der Waals surface area (Å²) in [6, 6.07) is 1.81. The zero-order valence-corrected chi connectivity index (χ0v) is 15.7. The first-order valence-electron chi connectivity index (χ1n) is 9.08. The van der Waals surface area contributed by atoms with Gasteiger partial charge in [-0.3, -0.25) is 0 Å². The van der Waals surface area contributed by atoms with E-state index in [-0.39, 0.29) is 11.9 Å². The van der Waals surface area contributed by atoms with E-state index >= 15 is 0 Å². The minimum absolute atomic E-state index is 0.208. The van der Waals surface area contributed by atoms with Crippen molar-refractivity contribution in [3.05, 3.63) is 35.4 Å². The lowest BCUT2D eigenvalue weighted by Crippen LogP contribution is -2.77. The van der Waals surface area contributed by atoms with Crippen LogP contribution in [-0.4, -0.2) is 80.9 Å². The number of nitrogens with two attached hydrogens (primary N) is 2. The molecule has 1 aromatic carbocycles. The molecule has 4 rings (SSSR count). The van der Waals surface area contributed by atoms with Crippen LogP contribution in [0.3, 0.4) is 0 Å². The number of carbonyl (C=O) groups is 1. The molecule has 0 unspecified atom stereocenters. The number of hydrogen-bond donors (Lipinski definition) is 6. The first-order valence-corrected chi connectivity index (χ1v) is 9.08. The van der Waals surface area contributed by atoms with Crippen LogP contribution < -0.4 is 16.8 Å². The maximum atomic E-state index is 13.3. The van der Waals surface area contributed by atoms with E-state index in [0.717, 1.165) is 17.0 Å². The van der Waals surface area contributed by atoms with E-state index in [1.54, 1.807) is 0 Å². The van der Waals surface area contributed by atoms with E-state index in [4.69, 9.17) is 16.2 Å². The van der Waals surface area contributed by atoms with Gasteiger partial charge in [0.2, 0.25) is 5.79 Å². The summed E-state index contributed by atoms with van der Waals surface area (Å²) in [5.41, 5.74) is 7.64. The molecule has 8 N–H and O–H groups in total. The second kappa shape index (κ2) is 6.70. The predicted octanol–water partition coefficient (Wildman–Crippen LogP) is -2.10. The highest BCUT2D eigenvalue weighted by Gasteiger charge is 2.74. The molecule has 0 amide bonds. The average molecular weight is 444 g/mol. The number of esters is 1. The third kappa shape index (κ3) is 2.90. The minimum atomic E-state index is -4.83. The van der Waals surface area contributed by atoms with E-state index in [9.17, 15) is 33.3 Å². The third-order valence-electron chi connectivity index (χ3n) is 5.64. The van der Waals surface area contributed by atoms with E-state index in [0.29, 0.717) is 6.07 Å². The molecule has 0 bridgehead atoms. The zero-order valence-electron chi connectivity index (χ0n) is 15.7. The van der Waals surface area contributed by atoms with Crippen molar-refractivity contribution in [1.82, 2.24) is 10.2 Å². The molecule has 4 atom stereocenters. The molecule has 0 saturated carbocycles. The Bertz CT molecular complexity index is 983. The van der Waals surface area contributed by atoms with Crippen LogP contribution in [-0.2, 0) is 10.9 Å². The Kier molecular flexibility index (Phi) is 4.57. The number of benzene rings is 1. The standard InChI is InChI=1S/C17H19F3N6O5/c18-17(19,20)8-4-2-1-3-7(8)12(28)31-10-5-26-14(22)23-9(6-27)11-15(26,16(10,29)30)25-13(21)24-11/h1-4,9-11,27,29-30H,5-6H2,(H2,22,23)(H3,21,24,25)/t9-,10-,11-,15-/m0/s1. The van der Waals surface area contributed by atoms with E-state index in [2.05, 4.69) is 15.3 Å². The zero-order chi connectivity index (χ0) is 22.8. The molecule has 31 heavy (non-hydrogen) atoms. The van der Waals surface area contributed by atoms with E-state index in [1.807, 2.05) is 0 Å². The quantitative estimate of drug-likeness (QED) is 0.225. The third-order valence-corrected chi connectivity index (χ3v) is 5.64. The van der Waals surface area contributed by atoms with Crippen molar-refractivity contribution in [3.63, 3.8) is 0 Å². The van der Waals surface area contributed by atoms with Gasteiger partial charge in [-0.25, -0.2) is 14.8 Å². The van der Waals surface area contributed by atoms with Crippen molar-refractivity contribution in [2.75, 3.05) is 13.2 Å². The molecule has 1 saturated heterocycles. The number of nitrogens with zero attached hydrogens (tertiary/aromatic N) is 3.